The van der Waals surface area contributed by atoms with E-state index in [0.717, 1.165) is 28.2 Å². The van der Waals surface area contributed by atoms with Crippen LogP contribution < -0.4 is 0 Å². The topological polar surface area (TPSA) is 63.2 Å². The fourth-order valence-electron chi connectivity index (χ4n) is 0.975. The molecular weight excluding hydrogens is 246 g/mol. The van der Waals surface area contributed by atoms with E-state index >= 15 is 0 Å². The molecule has 0 radical (unpaired) electrons. The molecule has 0 bridgehead atoms. The third-order valence-corrected chi connectivity index (χ3v) is 3.50. The molecule has 2 amide bonds. The van der Waals surface area contributed by atoms with Crippen molar-refractivity contribution >= 4 is 46.0 Å². The number of carbonyl (C=O) groups excluding carboxylic acids is 2. The van der Waals surface area contributed by atoms with E-state index in [9.17, 15) is 9.59 Å². The lowest BCUT2D eigenvalue weighted by molar-refractivity contribution is -0.125. The van der Waals surface area contributed by atoms with Gasteiger partial charge in [-0.05, 0) is 0 Å². The molecular formula is C6H4ClN3O2S2. The maximum atomic E-state index is 11.2. The summed E-state index contributed by atoms with van der Waals surface area (Å²) in [7, 11) is 0. The molecule has 0 aromatic carbocycles. The van der Waals surface area contributed by atoms with E-state index in [4.69, 9.17) is 11.6 Å². The van der Waals surface area contributed by atoms with Crippen molar-refractivity contribution in [2.75, 3.05) is 5.75 Å². The summed E-state index contributed by atoms with van der Waals surface area (Å²) >= 11 is 7.78. The van der Waals surface area contributed by atoms with Crippen LogP contribution in [0.3, 0.4) is 0 Å². The van der Waals surface area contributed by atoms with E-state index in [0.29, 0.717) is 10.0 Å². The van der Waals surface area contributed by atoms with E-state index in [1.165, 1.54) is 0 Å². The van der Waals surface area contributed by atoms with Gasteiger partial charge >= 0.3 is 0 Å². The molecule has 0 spiro atoms. The summed E-state index contributed by atoms with van der Waals surface area (Å²) in [5, 5.41) is 3.48. The van der Waals surface area contributed by atoms with E-state index in [2.05, 4.69) is 9.59 Å². The Labute approximate surface area is 92.6 Å². The summed E-state index contributed by atoms with van der Waals surface area (Å²) < 4.78 is 4.04. The molecule has 74 valence electrons. The van der Waals surface area contributed by atoms with Crippen LogP contribution in [-0.2, 0) is 11.3 Å². The van der Waals surface area contributed by atoms with Crippen LogP contribution in [0.4, 0.5) is 4.79 Å². The van der Waals surface area contributed by atoms with Crippen molar-refractivity contribution in [3.05, 3.63) is 10.0 Å². The van der Waals surface area contributed by atoms with Crippen molar-refractivity contribution in [2.24, 2.45) is 0 Å². The highest BCUT2D eigenvalue weighted by molar-refractivity contribution is 8.14. The highest BCUT2D eigenvalue weighted by Crippen LogP contribution is 2.24. The van der Waals surface area contributed by atoms with Crippen molar-refractivity contribution in [1.82, 2.24) is 14.5 Å². The number of amides is 2. The van der Waals surface area contributed by atoms with Gasteiger partial charge in [-0.1, -0.05) is 27.9 Å². The number of hydrogen-bond donors (Lipinski definition) is 0. The van der Waals surface area contributed by atoms with Crippen LogP contribution in [-0.4, -0.2) is 31.4 Å². The summed E-state index contributed by atoms with van der Waals surface area (Å²) in [6.45, 7) is 0.125. The van der Waals surface area contributed by atoms with Crippen LogP contribution in [0.1, 0.15) is 5.69 Å². The molecule has 0 N–H and O–H groups in total. The highest BCUT2D eigenvalue weighted by atomic mass is 35.5. The Morgan fingerprint density at radius 2 is 2.29 bits per heavy atom. The van der Waals surface area contributed by atoms with Gasteiger partial charge in [-0.3, -0.25) is 14.5 Å². The lowest BCUT2D eigenvalue weighted by Gasteiger charge is -2.09. The average molecular weight is 250 g/mol. The quantitative estimate of drug-likeness (QED) is 0.793. The average Bonchev–Trinajstić information content (AvgIpc) is 2.67. The molecule has 1 fully saturated rings. The number of rotatable bonds is 2. The zero-order chi connectivity index (χ0) is 10.1. The molecule has 0 unspecified atom stereocenters. The number of carbonyl (C=O) groups is 2. The maximum absolute atomic E-state index is 11.2. The van der Waals surface area contributed by atoms with Gasteiger partial charge in [0.05, 0.1) is 12.3 Å². The van der Waals surface area contributed by atoms with Gasteiger partial charge in [0.25, 0.3) is 5.24 Å². The summed E-state index contributed by atoms with van der Waals surface area (Å²) in [5.41, 5.74) is 0.473. The molecule has 1 aromatic heterocycles. The number of thioether (sulfide) groups is 1. The normalized spacial score (nSPS) is 16.8. The van der Waals surface area contributed by atoms with Gasteiger partial charge in [-0.2, -0.15) is 0 Å². The minimum absolute atomic E-state index is 0.125. The van der Waals surface area contributed by atoms with Crippen molar-refractivity contribution in [3.63, 3.8) is 0 Å². The second kappa shape index (κ2) is 3.84. The van der Waals surface area contributed by atoms with Crippen LogP contribution in [0.15, 0.2) is 0 Å². The van der Waals surface area contributed by atoms with E-state index in [-0.39, 0.29) is 23.4 Å². The predicted molar refractivity (Wildman–Crippen MR) is 53.3 cm³/mol. The summed E-state index contributed by atoms with van der Waals surface area (Å²) in [6.07, 6.45) is 0. The van der Waals surface area contributed by atoms with Crippen molar-refractivity contribution < 1.29 is 9.59 Å². The Morgan fingerprint density at radius 1 is 1.50 bits per heavy atom. The van der Waals surface area contributed by atoms with Gasteiger partial charge in [0.15, 0.2) is 0 Å². The molecule has 0 saturated carbocycles. The zero-order valence-electron chi connectivity index (χ0n) is 6.77. The Kier molecular flexibility index (Phi) is 2.71. The molecule has 2 rings (SSSR count). The van der Waals surface area contributed by atoms with Crippen molar-refractivity contribution in [1.29, 1.82) is 0 Å². The smallest absolute Gasteiger partial charge is 0.273 e. The largest absolute Gasteiger partial charge is 0.289 e. The highest BCUT2D eigenvalue weighted by Gasteiger charge is 2.31. The summed E-state index contributed by atoms with van der Waals surface area (Å²) in [6, 6.07) is 0. The first-order chi connectivity index (χ1) is 6.68. The molecule has 1 saturated heterocycles. The molecule has 14 heavy (non-hydrogen) atoms. The van der Waals surface area contributed by atoms with Gasteiger partial charge in [0.1, 0.15) is 10.0 Å². The monoisotopic (exact) mass is 249 g/mol. The molecule has 0 aliphatic carbocycles. The lowest BCUT2D eigenvalue weighted by Crippen LogP contribution is -2.28. The molecule has 1 aromatic rings. The first-order valence-electron chi connectivity index (χ1n) is 3.62. The minimum Gasteiger partial charge on any atom is -0.273 e. The van der Waals surface area contributed by atoms with Crippen LogP contribution in [0, 0.1) is 0 Å². The Hall–Kier alpha value is -0.660. The minimum atomic E-state index is -0.251. The van der Waals surface area contributed by atoms with E-state index in [1.54, 1.807) is 0 Å². The SMILES string of the molecule is O=C1CSC(=O)N1Cc1nnsc1Cl. The van der Waals surface area contributed by atoms with Gasteiger partial charge in [0.2, 0.25) is 5.91 Å². The third-order valence-electron chi connectivity index (χ3n) is 1.66. The van der Waals surface area contributed by atoms with Crippen molar-refractivity contribution in [2.45, 2.75) is 6.54 Å². The molecule has 2 heterocycles. The van der Waals surface area contributed by atoms with Gasteiger partial charge < -0.3 is 0 Å². The number of hydrogen-bond acceptors (Lipinski definition) is 6. The predicted octanol–water partition coefficient (Wildman–Crippen LogP) is 1.39. The first kappa shape index (κ1) is 9.88. The molecule has 1 aliphatic rings. The van der Waals surface area contributed by atoms with Gasteiger partial charge in [0, 0.05) is 11.5 Å². The van der Waals surface area contributed by atoms with Crippen LogP contribution in [0.2, 0.25) is 4.34 Å². The van der Waals surface area contributed by atoms with Gasteiger partial charge in [-0.25, -0.2) is 0 Å². The molecule has 1 aliphatic heterocycles. The number of halogens is 1. The lowest BCUT2D eigenvalue weighted by atomic mass is 10.4. The number of nitrogens with zero attached hydrogens (tertiary/aromatic N) is 3. The molecule has 5 nitrogen and oxygen atoms in total. The molecule has 0 atom stereocenters. The standard InChI is InChI=1S/C6H4ClN3O2S2/c7-5-3(8-9-14-5)1-10-4(11)2-13-6(10)12/h1-2H2. The van der Waals surface area contributed by atoms with Crippen LogP contribution in [0.25, 0.3) is 0 Å². The fourth-order valence-corrected chi connectivity index (χ4v) is 2.31. The number of aromatic nitrogens is 2. The fraction of sp³-hybridized carbons (Fsp3) is 0.333. The zero-order valence-corrected chi connectivity index (χ0v) is 9.16. The van der Waals surface area contributed by atoms with Crippen molar-refractivity contribution in [3.8, 4) is 0 Å². The third kappa shape index (κ3) is 1.75. The Bertz CT molecular complexity index is 378. The summed E-state index contributed by atoms with van der Waals surface area (Å²) in [5.74, 6) is -0.00217. The van der Waals surface area contributed by atoms with Gasteiger partial charge in [-0.15, -0.1) is 5.10 Å². The second-order valence-electron chi connectivity index (χ2n) is 2.53. The Balaban J connectivity index is 2.15. The Morgan fingerprint density at radius 3 is 2.79 bits per heavy atom. The maximum Gasteiger partial charge on any atom is 0.289 e. The first-order valence-corrected chi connectivity index (χ1v) is 5.76. The second-order valence-corrected chi connectivity index (χ2v) is 4.81. The van der Waals surface area contributed by atoms with E-state index < -0.39 is 0 Å². The van der Waals surface area contributed by atoms with Crippen LogP contribution >= 0.6 is 34.9 Å². The summed E-state index contributed by atoms with van der Waals surface area (Å²) in [4.78, 5) is 23.6. The number of imide groups is 1. The van der Waals surface area contributed by atoms with Crippen LogP contribution in [0.5, 0.6) is 0 Å². The molecule has 8 heteroatoms. The van der Waals surface area contributed by atoms with E-state index in [1.807, 2.05) is 0 Å².